The Hall–Kier alpha value is -1.51. The first-order valence-electron chi connectivity index (χ1n) is 7.41. The van der Waals surface area contributed by atoms with Gasteiger partial charge in [0.1, 0.15) is 0 Å². The molecule has 0 bridgehead atoms. The molecule has 1 aromatic carbocycles. The molecule has 0 aliphatic carbocycles. The summed E-state index contributed by atoms with van der Waals surface area (Å²) in [7, 11) is 0. The van der Waals surface area contributed by atoms with Crippen molar-refractivity contribution in [1.82, 2.24) is 4.90 Å². The van der Waals surface area contributed by atoms with E-state index in [1.165, 1.54) is 12.0 Å². The Morgan fingerprint density at radius 1 is 1.37 bits per heavy atom. The molecule has 0 radical (unpaired) electrons. The maximum Gasteiger partial charge on any atom is 0.254 e. The molecule has 102 valence electrons. The second kappa shape index (κ2) is 5.24. The van der Waals surface area contributed by atoms with Crippen molar-refractivity contribution in [2.45, 2.75) is 32.6 Å². The molecule has 2 aliphatic rings. The zero-order valence-electron chi connectivity index (χ0n) is 11.6. The molecular weight excluding hydrogens is 236 g/mol. The predicted octanol–water partition coefficient (Wildman–Crippen LogP) is 2.92. The summed E-state index contributed by atoms with van der Waals surface area (Å²) in [5.74, 6) is 0.863. The zero-order chi connectivity index (χ0) is 13.2. The molecule has 1 saturated heterocycles. The fraction of sp³-hybridized carbons (Fsp3) is 0.562. The van der Waals surface area contributed by atoms with Crippen LogP contribution in [0.25, 0.3) is 0 Å². The number of carbonyl (C=O) groups is 1. The molecule has 0 spiro atoms. The Labute approximate surface area is 115 Å². The SMILES string of the molecule is CC1CCCN(C(=O)c2cccc3c2CCCN3)C1. The van der Waals surface area contributed by atoms with E-state index in [1.807, 2.05) is 17.0 Å². The summed E-state index contributed by atoms with van der Waals surface area (Å²) in [6, 6.07) is 6.08. The van der Waals surface area contributed by atoms with Crippen molar-refractivity contribution in [3.05, 3.63) is 29.3 Å². The monoisotopic (exact) mass is 258 g/mol. The highest BCUT2D eigenvalue weighted by Gasteiger charge is 2.25. The molecule has 1 fully saturated rings. The summed E-state index contributed by atoms with van der Waals surface area (Å²) in [5.41, 5.74) is 3.29. The van der Waals surface area contributed by atoms with Crippen molar-refractivity contribution < 1.29 is 4.79 Å². The lowest BCUT2D eigenvalue weighted by Gasteiger charge is -2.32. The van der Waals surface area contributed by atoms with Crippen LogP contribution in [0, 0.1) is 5.92 Å². The third-order valence-corrected chi connectivity index (χ3v) is 4.27. The van der Waals surface area contributed by atoms with Gasteiger partial charge in [-0.1, -0.05) is 13.0 Å². The average Bonchev–Trinajstić information content (AvgIpc) is 2.46. The van der Waals surface area contributed by atoms with Gasteiger partial charge >= 0.3 is 0 Å². The van der Waals surface area contributed by atoms with Crippen molar-refractivity contribution in [2.24, 2.45) is 5.92 Å². The van der Waals surface area contributed by atoms with Crippen molar-refractivity contribution in [1.29, 1.82) is 0 Å². The number of likely N-dealkylation sites (tertiary alicyclic amines) is 1. The van der Waals surface area contributed by atoms with Gasteiger partial charge in [-0.05, 0) is 49.3 Å². The normalized spacial score (nSPS) is 22.6. The van der Waals surface area contributed by atoms with E-state index >= 15 is 0 Å². The number of anilines is 1. The van der Waals surface area contributed by atoms with Gasteiger partial charge < -0.3 is 10.2 Å². The molecule has 2 heterocycles. The van der Waals surface area contributed by atoms with Gasteiger partial charge in [-0.15, -0.1) is 0 Å². The summed E-state index contributed by atoms with van der Waals surface area (Å²) >= 11 is 0. The van der Waals surface area contributed by atoms with Gasteiger partial charge in [0.15, 0.2) is 0 Å². The van der Waals surface area contributed by atoms with Crippen LogP contribution in [0.1, 0.15) is 42.1 Å². The minimum absolute atomic E-state index is 0.229. The second-order valence-electron chi connectivity index (χ2n) is 5.86. The van der Waals surface area contributed by atoms with Crippen molar-refractivity contribution in [2.75, 3.05) is 25.0 Å². The van der Waals surface area contributed by atoms with Crippen LogP contribution < -0.4 is 5.32 Å². The minimum Gasteiger partial charge on any atom is -0.385 e. The summed E-state index contributed by atoms with van der Waals surface area (Å²) < 4.78 is 0. The quantitative estimate of drug-likeness (QED) is 0.840. The van der Waals surface area contributed by atoms with Crippen molar-refractivity contribution >= 4 is 11.6 Å². The highest BCUT2D eigenvalue weighted by atomic mass is 16.2. The van der Waals surface area contributed by atoms with Gasteiger partial charge in [0.05, 0.1) is 0 Å². The number of hydrogen-bond acceptors (Lipinski definition) is 2. The Morgan fingerprint density at radius 2 is 2.26 bits per heavy atom. The Bertz CT molecular complexity index is 484. The topological polar surface area (TPSA) is 32.3 Å². The van der Waals surface area contributed by atoms with E-state index in [2.05, 4.69) is 18.3 Å². The first kappa shape index (κ1) is 12.5. The fourth-order valence-electron chi connectivity index (χ4n) is 3.25. The molecule has 1 atom stereocenters. The van der Waals surface area contributed by atoms with Gasteiger partial charge in [0.25, 0.3) is 5.91 Å². The van der Waals surface area contributed by atoms with Crippen LogP contribution in [0.2, 0.25) is 0 Å². The number of benzene rings is 1. The summed E-state index contributed by atoms with van der Waals surface area (Å²) in [6.07, 6.45) is 4.53. The standard InChI is InChI=1S/C16H22N2O/c1-12-5-4-10-18(11-12)16(19)14-6-2-8-15-13(14)7-3-9-17-15/h2,6,8,12,17H,3-5,7,9-11H2,1H3. The molecule has 0 aromatic heterocycles. The van der Waals surface area contributed by atoms with Crippen LogP contribution in [0.5, 0.6) is 0 Å². The Kier molecular flexibility index (Phi) is 3.45. The van der Waals surface area contributed by atoms with E-state index in [0.717, 1.165) is 50.1 Å². The highest BCUT2D eigenvalue weighted by molar-refractivity contribution is 5.97. The molecule has 1 N–H and O–H groups in total. The molecule has 0 saturated carbocycles. The van der Waals surface area contributed by atoms with Gasteiger partial charge in [-0.2, -0.15) is 0 Å². The second-order valence-corrected chi connectivity index (χ2v) is 5.86. The lowest BCUT2D eigenvalue weighted by Crippen LogP contribution is -2.39. The van der Waals surface area contributed by atoms with E-state index in [1.54, 1.807) is 0 Å². The minimum atomic E-state index is 0.229. The number of nitrogens with one attached hydrogen (secondary N) is 1. The van der Waals surface area contributed by atoms with Crippen LogP contribution in [0.3, 0.4) is 0 Å². The first-order valence-corrected chi connectivity index (χ1v) is 7.41. The summed E-state index contributed by atoms with van der Waals surface area (Å²) in [6.45, 7) is 5.09. The smallest absolute Gasteiger partial charge is 0.254 e. The molecule has 19 heavy (non-hydrogen) atoms. The lowest BCUT2D eigenvalue weighted by atomic mass is 9.95. The zero-order valence-corrected chi connectivity index (χ0v) is 11.6. The molecule has 1 unspecified atom stereocenters. The predicted molar refractivity (Wildman–Crippen MR) is 77.6 cm³/mol. The molecule has 3 heteroatoms. The Morgan fingerprint density at radius 3 is 3.11 bits per heavy atom. The van der Waals surface area contributed by atoms with E-state index in [4.69, 9.17) is 0 Å². The number of hydrogen-bond donors (Lipinski definition) is 1. The molecule has 2 aliphatic heterocycles. The van der Waals surface area contributed by atoms with Gasteiger partial charge in [-0.25, -0.2) is 0 Å². The summed E-state index contributed by atoms with van der Waals surface area (Å²) in [4.78, 5) is 14.8. The van der Waals surface area contributed by atoms with Crippen molar-refractivity contribution in [3.8, 4) is 0 Å². The number of rotatable bonds is 1. The van der Waals surface area contributed by atoms with Crippen LogP contribution in [-0.4, -0.2) is 30.4 Å². The largest absolute Gasteiger partial charge is 0.385 e. The third kappa shape index (κ3) is 2.46. The van der Waals surface area contributed by atoms with Crippen molar-refractivity contribution in [3.63, 3.8) is 0 Å². The van der Waals surface area contributed by atoms with E-state index in [-0.39, 0.29) is 5.91 Å². The van der Waals surface area contributed by atoms with Crippen LogP contribution >= 0.6 is 0 Å². The van der Waals surface area contributed by atoms with E-state index in [9.17, 15) is 4.79 Å². The lowest BCUT2D eigenvalue weighted by molar-refractivity contribution is 0.0682. The molecule has 3 rings (SSSR count). The van der Waals surface area contributed by atoms with E-state index in [0.29, 0.717) is 5.92 Å². The number of carbonyl (C=O) groups excluding carboxylic acids is 1. The molecular formula is C16H22N2O. The number of piperidine rings is 1. The highest BCUT2D eigenvalue weighted by Crippen LogP contribution is 2.27. The van der Waals surface area contributed by atoms with Crippen LogP contribution in [0.4, 0.5) is 5.69 Å². The number of nitrogens with zero attached hydrogens (tertiary/aromatic N) is 1. The molecule has 1 aromatic rings. The summed E-state index contributed by atoms with van der Waals surface area (Å²) in [5, 5.41) is 3.40. The maximum absolute atomic E-state index is 12.7. The van der Waals surface area contributed by atoms with Gasteiger partial charge in [-0.3, -0.25) is 4.79 Å². The molecule has 3 nitrogen and oxygen atoms in total. The third-order valence-electron chi connectivity index (χ3n) is 4.27. The number of amides is 1. The maximum atomic E-state index is 12.7. The van der Waals surface area contributed by atoms with E-state index < -0.39 is 0 Å². The van der Waals surface area contributed by atoms with Crippen LogP contribution in [-0.2, 0) is 6.42 Å². The Balaban J connectivity index is 1.87. The molecule has 1 amide bonds. The number of fused-ring (bicyclic) bond motifs is 1. The van der Waals surface area contributed by atoms with Gasteiger partial charge in [0, 0.05) is 30.9 Å². The van der Waals surface area contributed by atoms with Gasteiger partial charge in [0.2, 0.25) is 0 Å². The van der Waals surface area contributed by atoms with Crippen LogP contribution in [0.15, 0.2) is 18.2 Å². The average molecular weight is 258 g/mol. The first-order chi connectivity index (χ1) is 9.25. The fourth-order valence-corrected chi connectivity index (χ4v) is 3.25.